The van der Waals surface area contributed by atoms with Gasteiger partial charge < -0.3 is 5.11 Å². The van der Waals surface area contributed by atoms with Crippen molar-refractivity contribution in [3.05, 3.63) is 42.2 Å². The van der Waals surface area contributed by atoms with Crippen LogP contribution in [0.15, 0.2) is 46.7 Å². The standard InChI is InChI=1S/C11H10N2OS/c1-8-6-12-11(13-7-8)15-10-5-3-2-4-9(10)14/h2-7,14H,1H3. The highest BCUT2D eigenvalue weighted by atomic mass is 32.2. The van der Waals surface area contributed by atoms with E-state index in [1.54, 1.807) is 24.5 Å². The maximum Gasteiger partial charge on any atom is 0.192 e. The monoisotopic (exact) mass is 218 g/mol. The van der Waals surface area contributed by atoms with Crippen LogP contribution >= 0.6 is 11.8 Å². The topological polar surface area (TPSA) is 46.0 Å². The predicted molar refractivity (Wildman–Crippen MR) is 59.0 cm³/mol. The number of nitrogens with zero attached hydrogens (tertiary/aromatic N) is 2. The molecule has 1 aromatic carbocycles. The van der Waals surface area contributed by atoms with Crippen LogP contribution in [0.5, 0.6) is 5.75 Å². The maximum atomic E-state index is 9.55. The quantitative estimate of drug-likeness (QED) is 0.787. The van der Waals surface area contributed by atoms with Gasteiger partial charge in [-0.25, -0.2) is 9.97 Å². The number of benzene rings is 1. The van der Waals surface area contributed by atoms with Crippen LogP contribution in [0.2, 0.25) is 0 Å². The van der Waals surface area contributed by atoms with Gasteiger partial charge in [0.1, 0.15) is 5.75 Å². The molecule has 1 aromatic heterocycles. The molecule has 0 aliphatic carbocycles. The van der Waals surface area contributed by atoms with Crippen molar-refractivity contribution in [2.24, 2.45) is 0 Å². The van der Waals surface area contributed by atoms with Crippen molar-refractivity contribution in [2.45, 2.75) is 17.0 Å². The van der Waals surface area contributed by atoms with Gasteiger partial charge in [-0.3, -0.25) is 0 Å². The number of aryl methyl sites for hydroxylation is 1. The van der Waals surface area contributed by atoms with E-state index in [1.165, 1.54) is 11.8 Å². The van der Waals surface area contributed by atoms with Crippen LogP contribution in [-0.4, -0.2) is 15.1 Å². The average Bonchev–Trinajstić information content (AvgIpc) is 2.25. The Balaban J connectivity index is 2.22. The first-order chi connectivity index (χ1) is 7.25. The van der Waals surface area contributed by atoms with E-state index in [1.807, 2.05) is 19.1 Å². The molecule has 0 aliphatic rings. The van der Waals surface area contributed by atoms with E-state index >= 15 is 0 Å². The summed E-state index contributed by atoms with van der Waals surface area (Å²) < 4.78 is 0. The van der Waals surface area contributed by atoms with Gasteiger partial charge >= 0.3 is 0 Å². The zero-order valence-corrected chi connectivity index (χ0v) is 9.03. The fourth-order valence-electron chi connectivity index (χ4n) is 1.08. The van der Waals surface area contributed by atoms with E-state index < -0.39 is 0 Å². The molecule has 76 valence electrons. The van der Waals surface area contributed by atoms with E-state index in [-0.39, 0.29) is 5.75 Å². The first-order valence-corrected chi connectivity index (χ1v) is 5.32. The summed E-state index contributed by atoms with van der Waals surface area (Å²) in [4.78, 5) is 9.08. The van der Waals surface area contributed by atoms with Gasteiger partial charge in [0.2, 0.25) is 0 Å². The maximum absolute atomic E-state index is 9.55. The van der Waals surface area contributed by atoms with Crippen molar-refractivity contribution in [1.29, 1.82) is 0 Å². The summed E-state index contributed by atoms with van der Waals surface area (Å²) in [6, 6.07) is 7.14. The van der Waals surface area contributed by atoms with Gasteiger partial charge in [-0.1, -0.05) is 12.1 Å². The molecule has 15 heavy (non-hydrogen) atoms. The number of phenols is 1. The Labute approximate surface area is 92.2 Å². The molecule has 2 rings (SSSR count). The van der Waals surface area contributed by atoms with Gasteiger partial charge in [-0.15, -0.1) is 0 Å². The fourth-order valence-corrected chi connectivity index (χ4v) is 1.80. The molecular formula is C11H10N2OS. The zero-order valence-electron chi connectivity index (χ0n) is 8.21. The molecule has 0 radical (unpaired) electrons. The molecule has 0 saturated heterocycles. The first-order valence-electron chi connectivity index (χ1n) is 4.50. The summed E-state index contributed by atoms with van der Waals surface area (Å²) in [6.45, 7) is 1.94. The molecule has 1 N–H and O–H groups in total. The molecule has 0 atom stereocenters. The molecule has 0 aliphatic heterocycles. The number of aromatic nitrogens is 2. The largest absolute Gasteiger partial charge is 0.507 e. The average molecular weight is 218 g/mol. The lowest BCUT2D eigenvalue weighted by molar-refractivity contribution is 0.462. The van der Waals surface area contributed by atoms with Crippen LogP contribution in [0, 0.1) is 6.92 Å². The lowest BCUT2D eigenvalue weighted by Crippen LogP contribution is -1.86. The lowest BCUT2D eigenvalue weighted by atomic mass is 10.3. The second-order valence-corrected chi connectivity index (χ2v) is 4.12. The van der Waals surface area contributed by atoms with Gasteiger partial charge in [-0.2, -0.15) is 0 Å². The van der Waals surface area contributed by atoms with Crippen molar-refractivity contribution < 1.29 is 5.11 Å². The second-order valence-electron chi connectivity index (χ2n) is 3.11. The van der Waals surface area contributed by atoms with E-state index in [9.17, 15) is 5.11 Å². The molecule has 2 aromatic rings. The molecule has 3 nitrogen and oxygen atoms in total. The van der Waals surface area contributed by atoms with Crippen molar-refractivity contribution in [1.82, 2.24) is 9.97 Å². The number of rotatable bonds is 2. The molecular weight excluding hydrogens is 208 g/mol. The van der Waals surface area contributed by atoms with Gasteiger partial charge in [0, 0.05) is 12.4 Å². The highest BCUT2D eigenvalue weighted by molar-refractivity contribution is 7.99. The summed E-state index contributed by atoms with van der Waals surface area (Å²) in [5.41, 5.74) is 1.02. The van der Waals surface area contributed by atoms with Crippen LogP contribution in [0.3, 0.4) is 0 Å². The SMILES string of the molecule is Cc1cnc(Sc2ccccc2O)nc1. The van der Waals surface area contributed by atoms with Crippen LogP contribution in [0.25, 0.3) is 0 Å². The van der Waals surface area contributed by atoms with Crippen molar-refractivity contribution in [3.8, 4) is 5.75 Å². The Kier molecular flexibility index (Phi) is 2.87. The predicted octanol–water partition coefficient (Wildman–Crippen LogP) is 2.64. The van der Waals surface area contributed by atoms with Gasteiger partial charge in [-0.05, 0) is 36.4 Å². The van der Waals surface area contributed by atoms with Crippen molar-refractivity contribution >= 4 is 11.8 Å². The third-order valence-electron chi connectivity index (χ3n) is 1.82. The fraction of sp³-hybridized carbons (Fsp3) is 0.0909. The van der Waals surface area contributed by atoms with Crippen LogP contribution < -0.4 is 0 Å². The molecule has 1 heterocycles. The van der Waals surface area contributed by atoms with Crippen molar-refractivity contribution in [3.63, 3.8) is 0 Å². The number of para-hydroxylation sites is 1. The number of hydrogen-bond acceptors (Lipinski definition) is 4. The first kappa shape index (κ1) is 9.98. The highest BCUT2D eigenvalue weighted by Crippen LogP contribution is 2.31. The van der Waals surface area contributed by atoms with Gasteiger partial charge in [0.15, 0.2) is 5.16 Å². The van der Waals surface area contributed by atoms with Gasteiger partial charge in [0.25, 0.3) is 0 Å². The van der Waals surface area contributed by atoms with Crippen molar-refractivity contribution in [2.75, 3.05) is 0 Å². The number of hydrogen-bond donors (Lipinski definition) is 1. The molecule has 4 heteroatoms. The minimum absolute atomic E-state index is 0.256. The highest BCUT2D eigenvalue weighted by Gasteiger charge is 2.03. The van der Waals surface area contributed by atoms with Gasteiger partial charge in [0.05, 0.1) is 4.90 Å². The molecule has 0 unspecified atom stereocenters. The van der Waals surface area contributed by atoms with E-state index in [0.29, 0.717) is 5.16 Å². The third-order valence-corrected chi connectivity index (χ3v) is 2.78. The Morgan fingerprint density at radius 3 is 2.47 bits per heavy atom. The van der Waals surface area contributed by atoms with E-state index in [2.05, 4.69) is 9.97 Å². The zero-order chi connectivity index (χ0) is 10.7. The minimum Gasteiger partial charge on any atom is -0.507 e. The van der Waals surface area contributed by atoms with Crippen LogP contribution in [-0.2, 0) is 0 Å². The number of aromatic hydroxyl groups is 1. The van der Waals surface area contributed by atoms with Crippen LogP contribution in [0.4, 0.5) is 0 Å². The molecule has 0 bridgehead atoms. The Hall–Kier alpha value is -1.55. The smallest absolute Gasteiger partial charge is 0.192 e. The summed E-state index contributed by atoms with van der Waals surface area (Å²) in [7, 11) is 0. The lowest BCUT2D eigenvalue weighted by Gasteiger charge is -2.02. The summed E-state index contributed by atoms with van der Waals surface area (Å²) in [5, 5.41) is 10.2. The molecule has 0 amide bonds. The Bertz CT molecular complexity index is 456. The molecule has 0 spiro atoms. The summed E-state index contributed by atoms with van der Waals surface area (Å²) in [5.74, 6) is 0.256. The summed E-state index contributed by atoms with van der Waals surface area (Å²) >= 11 is 1.35. The molecule has 0 fully saturated rings. The second kappa shape index (κ2) is 4.31. The van der Waals surface area contributed by atoms with E-state index in [4.69, 9.17) is 0 Å². The minimum atomic E-state index is 0.256. The number of phenolic OH excluding ortho intramolecular Hbond substituents is 1. The summed E-state index contributed by atoms with van der Waals surface area (Å²) in [6.07, 6.45) is 3.52. The van der Waals surface area contributed by atoms with Crippen LogP contribution in [0.1, 0.15) is 5.56 Å². The Morgan fingerprint density at radius 2 is 1.80 bits per heavy atom. The Morgan fingerprint density at radius 1 is 1.13 bits per heavy atom. The van der Waals surface area contributed by atoms with E-state index in [0.717, 1.165) is 10.5 Å². The normalized spacial score (nSPS) is 10.2. The third kappa shape index (κ3) is 2.47. The molecule has 0 saturated carbocycles.